The normalized spacial score (nSPS) is 12.7. The number of amides is 2. The third-order valence-corrected chi connectivity index (χ3v) is 7.05. The molecule has 0 atom stereocenters. The number of carbonyl (C=O) groups is 2. The Hall–Kier alpha value is -4.39. The summed E-state index contributed by atoms with van der Waals surface area (Å²) in [6.07, 6.45) is 5.77. The molecule has 4 aromatic rings. The number of urea groups is 1. The fourth-order valence-electron chi connectivity index (χ4n) is 4.65. The molecule has 1 aliphatic rings. The van der Waals surface area contributed by atoms with Crippen LogP contribution in [0.3, 0.4) is 0 Å². The van der Waals surface area contributed by atoms with Gasteiger partial charge in [-0.05, 0) is 80.9 Å². The predicted octanol–water partition coefficient (Wildman–Crippen LogP) is 7.60. The lowest BCUT2D eigenvalue weighted by atomic mass is 10.1. The molecule has 12 heteroatoms. The molecule has 1 fully saturated rings. The van der Waals surface area contributed by atoms with Crippen LogP contribution in [0.1, 0.15) is 18.4 Å². The van der Waals surface area contributed by atoms with Crippen molar-refractivity contribution in [2.75, 3.05) is 45.0 Å². The molecule has 0 radical (unpaired) electrons. The average Bonchev–Trinajstić information content (AvgIpc) is 3.08. The highest BCUT2D eigenvalue weighted by atomic mass is 33.1. The van der Waals surface area contributed by atoms with Crippen LogP contribution in [0.15, 0.2) is 79.5 Å². The Morgan fingerprint density at radius 2 is 1.52 bits per heavy atom. The van der Waals surface area contributed by atoms with Gasteiger partial charge in [-0.2, -0.15) is 0 Å². The predicted molar refractivity (Wildman–Crippen MR) is 191 cm³/mol. The van der Waals surface area contributed by atoms with Crippen LogP contribution in [0.25, 0.3) is 10.9 Å². The van der Waals surface area contributed by atoms with E-state index in [0.29, 0.717) is 46.2 Å². The summed E-state index contributed by atoms with van der Waals surface area (Å²) in [4.78, 5) is 28.5. The molecule has 0 saturated carbocycles. The highest BCUT2D eigenvalue weighted by Crippen LogP contribution is 2.38. The molecule has 0 unspecified atom stereocenters. The number of carbonyl (C=O) groups excluding carboxylic acids is 2. The topological polar surface area (TPSA) is 111 Å². The highest BCUT2D eigenvalue weighted by Gasteiger charge is 2.18. The van der Waals surface area contributed by atoms with Crippen LogP contribution in [0.2, 0.25) is 0 Å². The third kappa shape index (κ3) is 10.3. The summed E-state index contributed by atoms with van der Waals surface area (Å²) in [6, 6.07) is 18.0. The number of rotatable bonds is 9. The maximum Gasteiger partial charge on any atom is 0.323 e. The van der Waals surface area contributed by atoms with Crippen molar-refractivity contribution in [3.05, 3.63) is 85.1 Å². The Morgan fingerprint density at radius 1 is 0.913 bits per heavy atom. The van der Waals surface area contributed by atoms with Crippen molar-refractivity contribution in [1.82, 2.24) is 9.88 Å². The summed E-state index contributed by atoms with van der Waals surface area (Å²) < 4.78 is 23.2. The largest absolute Gasteiger partial charge is 0.493 e. The van der Waals surface area contributed by atoms with E-state index in [4.69, 9.17) is 23.7 Å². The molecule has 244 valence electrons. The van der Waals surface area contributed by atoms with Crippen molar-refractivity contribution < 1.29 is 28.5 Å². The second-order valence-corrected chi connectivity index (χ2v) is 10.2. The number of hydrogen-bond donors (Lipinski definition) is 4. The molecule has 0 spiro atoms. The summed E-state index contributed by atoms with van der Waals surface area (Å²) in [5.41, 5.74) is 2.89. The number of hydrogen-bond acceptors (Lipinski definition) is 10. The van der Waals surface area contributed by atoms with Crippen molar-refractivity contribution in [3.8, 4) is 28.7 Å². The Kier molecular flexibility index (Phi) is 14.5. The van der Waals surface area contributed by atoms with E-state index in [-0.39, 0.29) is 12.1 Å². The molecule has 2 N–H and O–H groups in total. The SMILES string of the molecule is C=CC=O.COc1cc2nccc(Oc3cc(NC(=O)Nc4ccc(OC5CCN(C)CC5)cc4)ccc3C)c2cc1OC.SS. The summed E-state index contributed by atoms with van der Waals surface area (Å²) >= 11 is 6.44. The van der Waals surface area contributed by atoms with Gasteiger partial charge in [0, 0.05) is 48.2 Å². The molecule has 3 aromatic carbocycles. The monoisotopic (exact) mass is 664 g/mol. The van der Waals surface area contributed by atoms with Crippen molar-refractivity contribution in [2.45, 2.75) is 25.9 Å². The van der Waals surface area contributed by atoms with E-state index in [2.05, 4.69) is 57.5 Å². The smallest absolute Gasteiger partial charge is 0.323 e. The summed E-state index contributed by atoms with van der Waals surface area (Å²) in [5, 5.41) is 6.53. The number of aromatic nitrogens is 1. The minimum atomic E-state index is -0.356. The quantitative estimate of drug-likeness (QED) is 0.0627. The van der Waals surface area contributed by atoms with Gasteiger partial charge in [0.2, 0.25) is 0 Å². The molecule has 2 amide bonds. The molecular weight excluding hydrogens is 625 g/mol. The summed E-state index contributed by atoms with van der Waals surface area (Å²) in [5.74, 6) is 3.19. The number of allylic oxidation sites excluding steroid dienone is 1. The van der Waals surface area contributed by atoms with Crippen molar-refractivity contribution in [3.63, 3.8) is 0 Å². The Bertz CT molecular complexity index is 1590. The Balaban J connectivity index is 0.000000891. The number of anilines is 2. The minimum Gasteiger partial charge on any atom is -0.493 e. The molecule has 10 nitrogen and oxygen atoms in total. The maximum absolute atomic E-state index is 12.7. The van der Waals surface area contributed by atoms with Crippen LogP contribution in [-0.2, 0) is 4.79 Å². The summed E-state index contributed by atoms with van der Waals surface area (Å²) in [6.45, 7) is 7.14. The lowest BCUT2D eigenvalue weighted by Crippen LogP contribution is -2.35. The van der Waals surface area contributed by atoms with Crippen LogP contribution >= 0.6 is 23.3 Å². The van der Waals surface area contributed by atoms with E-state index in [9.17, 15) is 4.79 Å². The van der Waals surface area contributed by atoms with Crippen molar-refractivity contribution in [2.24, 2.45) is 0 Å². The van der Waals surface area contributed by atoms with Gasteiger partial charge in [-0.1, -0.05) is 12.6 Å². The molecule has 46 heavy (non-hydrogen) atoms. The Labute approximate surface area is 280 Å². The molecule has 2 heterocycles. The van der Waals surface area contributed by atoms with Crippen LogP contribution in [0.5, 0.6) is 28.7 Å². The van der Waals surface area contributed by atoms with Crippen LogP contribution < -0.4 is 29.6 Å². The van der Waals surface area contributed by atoms with Crippen LogP contribution in [-0.4, -0.2) is 62.7 Å². The van der Waals surface area contributed by atoms with E-state index in [1.165, 1.54) is 6.08 Å². The molecule has 5 rings (SSSR count). The molecule has 1 aromatic heterocycles. The lowest BCUT2D eigenvalue weighted by molar-refractivity contribution is -0.104. The Morgan fingerprint density at radius 3 is 2.15 bits per heavy atom. The van der Waals surface area contributed by atoms with E-state index < -0.39 is 0 Å². The number of piperidine rings is 1. The zero-order valence-electron chi connectivity index (χ0n) is 26.4. The van der Waals surface area contributed by atoms with Gasteiger partial charge in [0.15, 0.2) is 11.5 Å². The molecule has 1 aliphatic heterocycles. The van der Waals surface area contributed by atoms with Crippen LogP contribution in [0, 0.1) is 6.92 Å². The van der Waals surface area contributed by atoms with Crippen molar-refractivity contribution in [1.29, 1.82) is 0 Å². The molecule has 1 saturated heterocycles. The number of likely N-dealkylation sites (tertiary alicyclic amines) is 1. The van der Waals surface area contributed by atoms with Crippen molar-refractivity contribution >= 4 is 57.9 Å². The number of benzene rings is 3. The van der Waals surface area contributed by atoms with E-state index >= 15 is 0 Å². The summed E-state index contributed by atoms with van der Waals surface area (Å²) in [7, 11) is 5.30. The number of ether oxygens (including phenoxy) is 4. The molecule has 0 bridgehead atoms. The first-order chi connectivity index (χ1) is 22.3. The molecule has 0 aliphatic carbocycles. The lowest BCUT2D eigenvalue weighted by Gasteiger charge is -2.29. The third-order valence-electron chi connectivity index (χ3n) is 7.05. The van der Waals surface area contributed by atoms with Gasteiger partial charge < -0.3 is 34.5 Å². The van der Waals surface area contributed by atoms with Gasteiger partial charge in [0.05, 0.1) is 19.7 Å². The van der Waals surface area contributed by atoms with Gasteiger partial charge in [0.1, 0.15) is 29.6 Å². The van der Waals surface area contributed by atoms with Gasteiger partial charge >= 0.3 is 6.03 Å². The number of nitrogens with one attached hydrogen (secondary N) is 2. The van der Waals surface area contributed by atoms with E-state index in [1.54, 1.807) is 32.5 Å². The first kappa shape index (κ1) is 36.1. The second-order valence-electron chi connectivity index (χ2n) is 10.2. The maximum atomic E-state index is 12.7. The number of fused-ring (bicyclic) bond motifs is 1. The highest BCUT2D eigenvalue weighted by molar-refractivity contribution is 8.59. The number of aldehydes is 1. The minimum absolute atomic E-state index is 0.228. The van der Waals surface area contributed by atoms with Crippen LogP contribution in [0.4, 0.5) is 16.2 Å². The molecular formula is C34H40N4O6S2. The number of aryl methyl sites for hydroxylation is 1. The van der Waals surface area contributed by atoms with Gasteiger partial charge in [-0.3, -0.25) is 9.78 Å². The first-order valence-corrected chi connectivity index (χ1v) is 16.0. The first-order valence-electron chi connectivity index (χ1n) is 14.4. The van der Waals surface area contributed by atoms with E-state index in [0.717, 1.165) is 42.6 Å². The number of pyridine rings is 1. The average molecular weight is 665 g/mol. The fraction of sp³-hybridized carbons (Fsp3) is 0.265. The number of thiol groups is 2. The van der Waals surface area contributed by atoms with Gasteiger partial charge in [-0.15, -0.1) is 23.3 Å². The fourth-order valence-corrected chi connectivity index (χ4v) is 4.65. The number of nitrogens with zero attached hydrogens (tertiary/aromatic N) is 2. The number of methoxy groups -OCH3 is 2. The van der Waals surface area contributed by atoms with E-state index in [1.807, 2.05) is 55.5 Å². The zero-order chi connectivity index (χ0) is 33.5. The zero-order valence-corrected chi connectivity index (χ0v) is 28.1. The second kappa shape index (κ2) is 18.5. The standard InChI is InChI=1S/C31H34N4O5.C3H4O.H2S2/c1-20-5-6-22(17-28(20)40-27-11-14-32-26-19-30(38-4)29(37-3)18-25(26)27)34-31(36)33-21-7-9-23(10-8-21)39-24-12-15-35(2)16-13-24;1-2-3-4;1-2/h5-11,14,17-19,24H,12-13,15-16H2,1-4H3,(H2,33,34,36);2-3H,1H2;1-2H. The van der Waals surface area contributed by atoms with Gasteiger partial charge in [0.25, 0.3) is 0 Å². The van der Waals surface area contributed by atoms with Gasteiger partial charge in [-0.25, -0.2) is 4.79 Å².